The summed E-state index contributed by atoms with van der Waals surface area (Å²) >= 11 is 0. The summed E-state index contributed by atoms with van der Waals surface area (Å²) in [6.45, 7) is 3.86. The minimum atomic E-state index is -4.72. The summed E-state index contributed by atoms with van der Waals surface area (Å²) in [5, 5.41) is 0. The van der Waals surface area contributed by atoms with Crippen molar-refractivity contribution in [2.75, 3.05) is 18.5 Å². The molecule has 1 aliphatic heterocycles. The predicted octanol–water partition coefficient (Wildman–Crippen LogP) is 4.50. The number of urea groups is 1. The van der Waals surface area contributed by atoms with Crippen molar-refractivity contribution in [2.45, 2.75) is 25.2 Å². The molecule has 2 atom stereocenters. The van der Waals surface area contributed by atoms with Crippen molar-refractivity contribution in [1.82, 2.24) is 4.90 Å². The molecule has 0 spiro atoms. The van der Waals surface area contributed by atoms with Crippen LogP contribution in [0, 0.1) is 5.92 Å². The van der Waals surface area contributed by atoms with E-state index in [-0.39, 0.29) is 23.5 Å². The summed E-state index contributed by atoms with van der Waals surface area (Å²) in [4.78, 5) is 39.6. The van der Waals surface area contributed by atoms with Crippen molar-refractivity contribution >= 4 is 29.2 Å². The molecule has 1 heterocycles. The number of primary amides is 1. The Bertz CT molecular complexity index is 1100. The number of alkyl halides is 3. The topological polar surface area (TPSA) is 92.9 Å². The van der Waals surface area contributed by atoms with Crippen LogP contribution in [0.4, 0.5) is 29.3 Å². The van der Waals surface area contributed by atoms with Crippen LogP contribution >= 0.6 is 0 Å². The maximum Gasteiger partial charge on any atom is 0.418 e. The van der Waals surface area contributed by atoms with Gasteiger partial charge in [-0.05, 0) is 37.7 Å². The molecule has 1 aliphatic rings. The molecule has 0 radical (unpaired) electrons. The van der Waals surface area contributed by atoms with E-state index in [1.54, 1.807) is 7.05 Å². The van der Waals surface area contributed by atoms with Crippen LogP contribution in [0.5, 0.6) is 0 Å². The van der Waals surface area contributed by atoms with E-state index in [1.165, 1.54) is 36.4 Å². The van der Waals surface area contributed by atoms with Gasteiger partial charge in [0.1, 0.15) is 0 Å². The Labute approximate surface area is 194 Å². The lowest BCUT2D eigenvalue weighted by atomic mass is 9.88. The zero-order valence-electron chi connectivity index (χ0n) is 18.4. The molecule has 2 unspecified atom stereocenters. The van der Waals surface area contributed by atoms with E-state index in [0.717, 1.165) is 23.1 Å². The number of para-hydroxylation sites is 1. The number of nitrogens with zero attached hydrogens (tertiary/aromatic N) is 2. The molecule has 34 heavy (non-hydrogen) atoms. The monoisotopic (exact) mass is 475 g/mol. The number of halogens is 3. The van der Waals surface area contributed by atoms with Gasteiger partial charge in [0.2, 0.25) is 0 Å². The van der Waals surface area contributed by atoms with Gasteiger partial charge in [0, 0.05) is 30.5 Å². The van der Waals surface area contributed by atoms with Crippen molar-refractivity contribution in [3.8, 4) is 0 Å². The summed E-state index contributed by atoms with van der Waals surface area (Å²) in [6, 6.07) is 9.15. The van der Waals surface area contributed by atoms with Gasteiger partial charge in [0.15, 0.2) is 12.0 Å². The molecule has 2 aromatic carbocycles. The van der Waals surface area contributed by atoms with Crippen LogP contribution in [0.25, 0.3) is 0 Å². The number of carbonyl (C=O) groups is 3. The number of esters is 1. The van der Waals surface area contributed by atoms with Gasteiger partial charge in [-0.25, -0.2) is 9.59 Å². The number of ketones is 1. The number of nitrogens with two attached hydrogens (primary N) is 1. The molecule has 180 valence electrons. The summed E-state index contributed by atoms with van der Waals surface area (Å²) < 4.78 is 45.9. The molecule has 1 saturated heterocycles. The minimum absolute atomic E-state index is 0.0256. The van der Waals surface area contributed by atoms with Crippen LogP contribution in [0.2, 0.25) is 0 Å². The second-order valence-corrected chi connectivity index (χ2v) is 7.90. The molecular weight excluding hydrogens is 451 g/mol. The molecule has 0 bridgehead atoms. The molecule has 2 amide bonds. The van der Waals surface area contributed by atoms with E-state index in [4.69, 9.17) is 10.5 Å². The Hall–Kier alpha value is -3.66. The Balaban J connectivity index is 1.92. The Morgan fingerprint density at radius 3 is 2.53 bits per heavy atom. The number of hydrogen-bond acceptors (Lipinski definition) is 5. The smallest absolute Gasteiger partial charge is 0.418 e. The van der Waals surface area contributed by atoms with Gasteiger partial charge < -0.3 is 10.5 Å². The number of anilines is 2. The SMILES string of the molecule is C=CC(=O)OC1CC(C(=O)c2cccc(N(C(N)=O)c3ccccc3C(F)(F)F)c2)CCN1C. The number of rotatable bonds is 6. The summed E-state index contributed by atoms with van der Waals surface area (Å²) in [5.74, 6) is -1.37. The third-order valence-corrected chi connectivity index (χ3v) is 5.66. The standard InChI is InChI=1S/C24H24F3N3O4/c1-3-21(31)34-20-14-16(11-12-29(20)2)22(32)15-7-6-8-17(13-15)30(23(28)33)19-10-5-4-9-18(19)24(25,26)27/h3-10,13,16,20H,1,11-12,14H2,2H3,(H2,28,33). The highest BCUT2D eigenvalue weighted by Crippen LogP contribution is 2.39. The average Bonchev–Trinajstić information content (AvgIpc) is 2.79. The summed E-state index contributed by atoms with van der Waals surface area (Å²) in [5.41, 5.74) is 4.20. The van der Waals surface area contributed by atoms with Crippen LogP contribution in [0.15, 0.2) is 61.2 Å². The van der Waals surface area contributed by atoms with E-state index in [1.807, 2.05) is 4.90 Å². The second kappa shape index (κ2) is 10.1. The first-order valence-corrected chi connectivity index (χ1v) is 10.5. The Morgan fingerprint density at radius 2 is 1.88 bits per heavy atom. The summed E-state index contributed by atoms with van der Waals surface area (Å²) in [7, 11) is 1.77. The first kappa shape index (κ1) is 25.0. The first-order valence-electron chi connectivity index (χ1n) is 10.5. The average molecular weight is 475 g/mol. The number of ether oxygens (including phenoxy) is 1. The third kappa shape index (κ3) is 5.45. The second-order valence-electron chi connectivity index (χ2n) is 7.90. The lowest BCUT2D eigenvalue weighted by Gasteiger charge is -2.35. The number of benzene rings is 2. The van der Waals surface area contributed by atoms with Crippen LogP contribution in [0.3, 0.4) is 0 Å². The fourth-order valence-corrected chi connectivity index (χ4v) is 3.93. The number of hydrogen-bond donors (Lipinski definition) is 1. The Kier molecular flexibility index (Phi) is 7.41. The fourth-order valence-electron chi connectivity index (χ4n) is 3.93. The maximum absolute atomic E-state index is 13.5. The number of piperidine rings is 1. The zero-order valence-corrected chi connectivity index (χ0v) is 18.4. The van der Waals surface area contributed by atoms with Crippen molar-refractivity contribution in [3.05, 3.63) is 72.3 Å². The predicted molar refractivity (Wildman–Crippen MR) is 119 cm³/mol. The fraction of sp³-hybridized carbons (Fsp3) is 0.292. The number of likely N-dealkylation sites (tertiary alicyclic amines) is 1. The van der Waals surface area contributed by atoms with Gasteiger partial charge in [-0.1, -0.05) is 30.8 Å². The highest BCUT2D eigenvalue weighted by Gasteiger charge is 2.36. The van der Waals surface area contributed by atoms with Gasteiger partial charge in [-0.15, -0.1) is 0 Å². The summed E-state index contributed by atoms with van der Waals surface area (Å²) in [6.07, 6.45) is -3.55. The van der Waals surface area contributed by atoms with Gasteiger partial charge >= 0.3 is 18.2 Å². The van der Waals surface area contributed by atoms with Crippen LogP contribution in [0.1, 0.15) is 28.8 Å². The van der Waals surface area contributed by atoms with Gasteiger partial charge in [-0.2, -0.15) is 13.2 Å². The molecule has 0 aliphatic carbocycles. The van der Waals surface area contributed by atoms with E-state index < -0.39 is 41.6 Å². The molecule has 3 rings (SSSR count). The van der Waals surface area contributed by atoms with Crippen molar-refractivity contribution in [2.24, 2.45) is 11.7 Å². The third-order valence-electron chi connectivity index (χ3n) is 5.66. The highest BCUT2D eigenvalue weighted by molar-refractivity contribution is 6.03. The molecular formula is C24H24F3N3O4. The van der Waals surface area contributed by atoms with Crippen molar-refractivity contribution in [1.29, 1.82) is 0 Å². The minimum Gasteiger partial charge on any atom is -0.443 e. The van der Waals surface area contributed by atoms with Gasteiger partial charge in [-0.3, -0.25) is 14.6 Å². The quantitative estimate of drug-likeness (QED) is 0.377. The van der Waals surface area contributed by atoms with Crippen molar-refractivity contribution < 1.29 is 32.3 Å². The largest absolute Gasteiger partial charge is 0.443 e. The van der Waals surface area contributed by atoms with Gasteiger partial charge in [0.25, 0.3) is 0 Å². The highest BCUT2D eigenvalue weighted by atomic mass is 19.4. The van der Waals surface area contributed by atoms with E-state index >= 15 is 0 Å². The lowest BCUT2D eigenvalue weighted by Crippen LogP contribution is -2.44. The molecule has 0 aromatic heterocycles. The molecule has 7 nitrogen and oxygen atoms in total. The van der Waals surface area contributed by atoms with E-state index in [2.05, 4.69) is 6.58 Å². The number of carbonyl (C=O) groups excluding carboxylic acids is 3. The molecule has 1 fully saturated rings. The van der Waals surface area contributed by atoms with E-state index in [0.29, 0.717) is 13.0 Å². The van der Waals surface area contributed by atoms with Crippen molar-refractivity contribution in [3.63, 3.8) is 0 Å². The normalized spacial score (nSPS) is 18.7. The Morgan fingerprint density at radius 1 is 1.18 bits per heavy atom. The lowest BCUT2D eigenvalue weighted by molar-refractivity contribution is -0.155. The molecule has 0 saturated carbocycles. The molecule has 10 heteroatoms. The maximum atomic E-state index is 13.5. The number of Topliss-reactive ketones (excluding diaryl/α,β-unsaturated/α-hetero) is 1. The van der Waals surface area contributed by atoms with Crippen LogP contribution in [-0.2, 0) is 15.7 Å². The molecule has 2 aromatic rings. The van der Waals surface area contributed by atoms with Crippen LogP contribution in [-0.4, -0.2) is 42.5 Å². The number of amides is 2. The van der Waals surface area contributed by atoms with Gasteiger partial charge in [0.05, 0.1) is 16.9 Å². The molecule has 2 N–H and O–H groups in total. The van der Waals surface area contributed by atoms with Crippen LogP contribution < -0.4 is 10.6 Å². The zero-order chi connectivity index (χ0) is 25.0. The first-order chi connectivity index (χ1) is 16.0. The van der Waals surface area contributed by atoms with E-state index in [9.17, 15) is 27.6 Å².